The summed E-state index contributed by atoms with van der Waals surface area (Å²) >= 11 is 0. The molecule has 0 amide bonds. The predicted octanol–water partition coefficient (Wildman–Crippen LogP) is 3.71. The van der Waals surface area contributed by atoms with Gasteiger partial charge < -0.3 is 19.7 Å². The number of esters is 1. The number of β-amino-alcohol motifs (C(OH)–C–C–N with tert-alkyl or cyclic N) is 1. The van der Waals surface area contributed by atoms with Gasteiger partial charge in [0.2, 0.25) is 0 Å². The van der Waals surface area contributed by atoms with E-state index in [1.54, 1.807) is 38.1 Å². The molecule has 1 saturated heterocycles. The van der Waals surface area contributed by atoms with Crippen molar-refractivity contribution in [2.45, 2.75) is 64.4 Å². The molecule has 34 heavy (non-hydrogen) atoms. The van der Waals surface area contributed by atoms with Gasteiger partial charge in [-0.15, -0.1) is 0 Å². The number of rotatable bonds is 12. The Hall–Kier alpha value is -2.32. The molecule has 0 bridgehead atoms. The van der Waals surface area contributed by atoms with E-state index in [4.69, 9.17) is 9.47 Å². The van der Waals surface area contributed by atoms with Gasteiger partial charge in [0.15, 0.2) is 6.29 Å². The molecule has 7 heteroatoms. The molecule has 1 aliphatic heterocycles. The molecule has 0 aliphatic carbocycles. The lowest BCUT2D eigenvalue weighted by Crippen LogP contribution is -2.39. The molecular weight excluding hydrogens is 437 g/mol. The molecule has 3 rings (SSSR count). The van der Waals surface area contributed by atoms with Gasteiger partial charge in [0.05, 0.1) is 19.3 Å². The quantitative estimate of drug-likeness (QED) is 0.362. The molecule has 186 valence electrons. The number of carbonyl (C=O) groups excluding carboxylic acids is 1. The van der Waals surface area contributed by atoms with Gasteiger partial charge in [0, 0.05) is 24.6 Å². The van der Waals surface area contributed by atoms with Crippen LogP contribution in [0.2, 0.25) is 0 Å². The van der Waals surface area contributed by atoms with Gasteiger partial charge in [0.1, 0.15) is 5.82 Å². The summed E-state index contributed by atoms with van der Waals surface area (Å²) in [6.45, 7) is 5.14. The first kappa shape index (κ1) is 26.3. The van der Waals surface area contributed by atoms with Crippen LogP contribution in [0.4, 0.5) is 4.39 Å². The number of aryl methyl sites for hydroxylation is 2. The largest absolute Gasteiger partial charge is 0.466 e. The normalized spacial score (nSPS) is 18.1. The maximum Gasteiger partial charge on any atom is 0.306 e. The maximum absolute atomic E-state index is 13.9. The van der Waals surface area contributed by atoms with E-state index < -0.39 is 12.4 Å². The molecule has 0 aromatic heterocycles. The van der Waals surface area contributed by atoms with Crippen LogP contribution in [0.25, 0.3) is 0 Å². The summed E-state index contributed by atoms with van der Waals surface area (Å²) in [7, 11) is 0. The Bertz CT molecular complexity index is 937. The zero-order valence-corrected chi connectivity index (χ0v) is 20.1. The minimum atomic E-state index is -1.20. The van der Waals surface area contributed by atoms with Crippen LogP contribution in [0.1, 0.15) is 54.7 Å². The van der Waals surface area contributed by atoms with Crippen molar-refractivity contribution in [1.82, 2.24) is 4.90 Å². The lowest BCUT2D eigenvalue weighted by atomic mass is 10.0. The van der Waals surface area contributed by atoms with Crippen molar-refractivity contribution < 1.29 is 28.9 Å². The summed E-state index contributed by atoms with van der Waals surface area (Å²) in [6, 6.07) is 12.9. The van der Waals surface area contributed by atoms with E-state index >= 15 is 0 Å². The maximum atomic E-state index is 13.9. The highest BCUT2D eigenvalue weighted by Crippen LogP contribution is 2.24. The van der Waals surface area contributed by atoms with Gasteiger partial charge in [-0.3, -0.25) is 9.69 Å². The Morgan fingerprint density at radius 3 is 2.79 bits per heavy atom. The third-order valence-electron chi connectivity index (χ3n) is 6.32. The van der Waals surface area contributed by atoms with Crippen LogP contribution >= 0.6 is 0 Å². The number of aliphatic hydroxyl groups is 2. The summed E-state index contributed by atoms with van der Waals surface area (Å²) in [5.41, 5.74) is 2.99. The van der Waals surface area contributed by atoms with Crippen molar-refractivity contribution in [2.75, 3.05) is 26.3 Å². The molecule has 2 aromatic carbocycles. The van der Waals surface area contributed by atoms with Crippen molar-refractivity contribution >= 4 is 5.97 Å². The van der Waals surface area contributed by atoms with E-state index in [2.05, 4.69) is 4.90 Å². The van der Waals surface area contributed by atoms with Crippen LogP contribution in [0, 0.1) is 12.7 Å². The van der Waals surface area contributed by atoms with E-state index in [1.807, 2.05) is 18.2 Å². The molecule has 0 unspecified atom stereocenters. The van der Waals surface area contributed by atoms with Crippen LogP contribution in [0.5, 0.6) is 0 Å². The van der Waals surface area contributed by atoms with E-state index in [-0.39, 0.29) is 30.9 Å². The van der Waals surface area contributed by atoms with Crippen molar-refractivity contribution in [3.8, 4) is 0 Å². The first-order valence-corrected chi connectivity index (χ1v) is 12.1. The summed E-state index contributed by atoms with van der Waals surface area (Å²) in [5.74, 6) is -0.469. The van der Waals surface area contributed by atoms with Gasteiger partial charge in [-0.25, -0.2) is 4.39 Å². The fourth-order valence-corrected chi connectivity index (χ4v) is 4.49. The molecule has 1 aliphatic rings. The van der Waals surface area contributed by atoms with Gasteiger partial charge in [-0.05, 0) is 68.8 Å². The first-order valence-electron chi connectivity index (χ1n) is 12.1. The van der Waals surface area contributed by atoms with Crippen LogP contribution in [-0.2, 0) is 27.1 Å². The number of carbonyl (C=O) groups is 1. The highest BCUT2D eigenvalue weighted by Gasteiger charge is 2.27. The molecule has 0 saturated carbocycles. The predicted molar refractivity (Wildman–Crippen MR) is 128 cm³/mol. The molecule has 1 fully saturated rings. The first-order chi connectivity index (χ1) is 16.4. The highest BCUT2D eigenvalue weighted by molar-refractivity contribution is 5.69. The number of halogens is 1. The van der Waals surface area contributed by atoms with Crippen molar-refractivity contribution in [1.29, 1.82) is 0 Å². The standard InChI is InChI=1S/C27H36FNO5/c1-3-33-26(31)13-12-21-7-4-5-9-24(21)27(32)34-18-23(30)17-29-14-6-8-22(29)15-20-11-10-19(2)25(28)16-20/h4-5,7,9-11,16,22-23,27,30,32H,3,6,8,12-15,17-18H2,1-2H3/t22-,23+,27+/m0/s1. The number of likely N-dealkylation sites (tertiary alicyclic amines) is 1. The molecule has 2 N–H and O–H groups in total. The third kappa shape index (κ3) is 7.60. The Kier molecular flexibility index (Phi) is 10.0. The fraction of sp³-hybridized carbons (Fsp3) is 0.519. The molecule has 1 heterocycles. The Balaban J connectivity index is 1.50. The Morgan fingerprint density at radius 1 is 1.24 bits per heavy atom. The number of hydrogen-bond donors (Lipinski definition) is 2. The summed E-state index contributed by atoms with van der Waals surface area (Å²) < 4.78 is 24.5. The van der Waals surface area contributed by atoms with E-state index in [9.17, 15) is 19.4 Å². The lowest BCUT2D eigenvalue weighted by molar-refractivity contribution is -0.143. The zero-order chi connectivity index (χ0) is 24.5. The van der Waals surface area contributed by atoms with Crippen LogP contribution in [0.3, 0.4) is 0 Å². The molecule has 3 atom stereocenters. The van der Waals surface area contributed by atoms with Crippen LogP contribution in [-0.4, -0.2) is 59.5 Å². The lowest BCUT2D eigenvalue weighted by Gasteiger charge is -2.27. The van der Waals surface area contributed by atoms with Gasteiger partial charge in [-0.1, -0.05) is 36.4 Å². The Labute approximate surface area is 201 Å². The second kappa shape index (κ2) is 13.0. The topological polar surface area (TPSA) is 79.2 Å². The molecule has 0 radical (unpaired) electrons. The monoisotopic (exact) mass is 473 g/mol. The minimum absolute atomic E-state index is 0.0181. The van der Waals surface area contributed by atoms with Gasteiger partial charge in [0.25, 0.3) is 0 Å². The molecule has 0 spiro atoms. The van der Waals surface area contributed by atoms with Crippen molar-refractivity contribution in [2.24, 2.45) is 0 Å². The van der Waals surface area contributed by atoms with Gasteiger partial charge in [-0.2, -0.15) is 0 Å². The highest BCUT2D eigenvalue weighted by atomic mass is 19.1. The number of benzene rings is 2. The van der Waals surface area contributed by atoms with Crippen molar-refractivity contribution in [3.05, 3.63) is 70.5 Å². The number of nitrogens with zero attached hydrogens (tertiary/aromatic N) is 1. The number of ether oxygens (including phenoxy) is 2. The molecule has 6 nitrogen and oxygen atoms in total. The molecular formula is C27H36FNO5. The average Bonchev–Trinajstić information content (AvgIpc) is 3.25. The van der Waals surface area contributed by atoms with Crippen LogP contribution < -0.4 is 0 Å². The van der Waals surface area contributed by atoms with Crippen molar-refractivity contribution in [3.63, 3.8) is 0 Å². The fourth-order valence-electron chi connectivity index (χ4n) is 4.49. The second-order valence-electron chi connectivity index (χ2n) is 8.92. The molecule has 2 aromatic rings. The number of hydrogen-bond acceptors (Lipinski definition) is 6. The van der Waals surface area contributed by atoms with E-state index in [0.29, 0.717) is 30.7 Å². The minimum Gasteiger partial charge on any atom is -0.466 e. The van der Waals surface area contributed by atoms with E-state index in [1.165, 1.54) is 0 Å². The average molecular weight is 474 g/mol. The zero-order valence-electron chi connectivity index (χ0n) is 20.1. The number of aliphatic hydroxyl groups excluding tert-OH is 2. The summed E-state index contributed by atoms with van der Waals surface area (Å²) in [4.78, 5) is 13.9. The summed E-state index contributed by atoms with van der Waals surface area (Å²) in [6.07, 6.45) is 1.47. The Morgan fingerprint density at radius 2 is 2.03 bits per heavy atom. The summed E-state index contributed by atoms with van der Waals surface area (Å²) in [5, 5.41) is 21.2. The second-order valence-corrected chi connectivity index (χ2v) is 8.92. The SMILES string of the molecule is CCOC(=O)CCc1ccccc1[C@H](O)OC[C@H](O)CN1CCC[C@H]1Cc1ccc(C)c(F)c1. The van der Waals surface area contributed by atoms with E-state index in [0.717, 1.165) is 36.9 Å². The van der Waals surface area contributed by atoms with Crippen LogP contribution in [0.15, 0.2) is 42.5 Å². The smallest absolute Gasteiger partial charge is 0.306 e. The third-order valence-corrected chi connectivity index (χ3v) is 6.32. The van der Waals surface area contributed by atoms with Gasteiger partial charge >= 0.3 is 5.97 Å².